The van der Waals surface area contributed by atoms with E-state index in [9.17, 15) is 13.2 Å². The molecular formula is C20H25N3O5S. The molecular weight excluding hydrogens is 394 g/mol. The van der Waals surface area contributed by atoms with Crippen molar-refractivity contribution in [3.8, 4) is 5.75 Å². The first-order chi connectivity index (χ1) is 13.9. The molecule has 1 aliphatic heterocycles. The SMILES string of the molecule is CNC(=O)c1cc(S(=O)(=O)NCc2ccc(N3CCOCC3)cc2)ccc1OC. The second-order valence-corrected chi connectivity index (χ2v) is 8.30. The molecule has 0 atom stereocenters. The van der Waals surface area contributed by atoms with Crippen LogP contribution < -0.4 is 19.7 Å². The summed E-state index contributed by atoms with van der Waals surface area (Å²) < 4.78 is 38.4. The van der Waals surface area contributed by atoms with Gasteiger partial charge in [0, 0.05) is 32.4 Å². The van der Waals surface area contributed by atoms with Crippen LogP contribution in [-0.4, -0.2) is 54.8 Å². The minimum absolute atomic E-state index is 0.00170. The number of sulfonamides is 1. The zero-order chi connectivity index (χ0) is 20.9. The van der Waals surface area contributed by atoms with Gasteiger partial charge in [0.2, 0.25) is 10.0 Å². The number of morpholine rings is 1. The maximum atomic E-state index is 12.7. The van der Waals surface area contributed by atoms with Crippen LogP contribution >= 0.6 is 0 Å². The Morgan fingerprint density at radius 3 is 2.45 bits per heavy atom. The molecule has 0 unspecified atom stereocenters. The monoisotopic (exact) mass is 419 g/mol. The van der Waals surface area contributed by atoms with Crippen LogP contribution in [0.4, 0.5) is 5.69 Å². The van der Waals surface area contributed by atoms with E-state index >= 15 is 0 Å². The van der Waals surface area contributed by atoms with Gasteiger partial charge in [-0.2, -0.15) is 0 Å². The van der Waals surface area contributed by atoms with Crippen LogP contribution in [0.3, 0.4) is 0 Å². The maximum absolute atomic E-state index is 12.7. The first kappa shape index (κ1) is 21.1. The maximum Gasteiger partial charge on any atom is 0.254 e. The standard InChI is InChI=1S/C20H25N3O5S/c1-21-20(24)18-13-17(7-8-19(18)27-2)29(25,26)22-14-15-3-5-16(6-4-15)23-9-11-28-12-10-23/h3-8,13,22H,9-12,14H2,1-2H3,(H,21,24). The van der Waals surface area contributed by atoms with E-state index in [4.69, 9.17) is 9.47 Å². The fourth-order valence-electron chi connectivity index (χ4n) is 3.07. The van der Waals surface area contributed by atoms with E-state index in [1.54, 1.807) is 0 Å². The molecule has 29 heavy (non-hydrogen) atoms. The first-order valence-electron chi connectivity index (χ1n) is 9.26. The van der Waals surface area contributed by atoms with E-state index in [0.717, 1.165) is 24.3 Å². The smallest absolute Gasteiger partial charge is 0.254 e. The van der Waals surface area contributed by atoms with Gasteiger partial charge in [0.1, 0.15) is 5.75 Å². The van der Waals surface area contributed by atoms with Crippen molar-refractivity contribution in [2.24, 2.45) is 0 Å². The largest absolute Gasteiger partial charge is 0.496 e. The summed E-state index contributed by atoms with van der Waals surface area (Å²) in [5, 5.41) is 2.48. The van der Waals surface area contributed by atoms with Crippen molar-refractivity contribution in [1.29, 1.82) is 0 Å². The molecule has 8 nitrogen and oxygen atoms in total. The van der Waals surface area contributed by atoms with E-state index in [1.165, 1.54) is 32.4 Å². The van der Waals surface area contributed by atoms with Gasteiger partial charge in [-0.1, -0.05) is 12.1 Å². The van der Waals surface area contributed by atoms with Crippen LogP contribution in [0.25, 0.3) is 0 Å². The van der Waals surface area contributed by atoms with Gasteiger partial charge in [0.05, 0.1) is 30.8 Å². The van der Waals surface area contributed by atoms with Gasteiger partial charge in [-0.25, -0.2) is 13.1 Å². The average molecular weight is 420 g/mol. The molecule has 2 aromatic carbocycles. The van der Waals surface area contributed by atoms with Gasteiger partial charge in [-0.15, -0.1) is 0 Å². The molecule has 156 valence electrons. The summed E-state index contributed by atoms with van der Waals surface area (Å²) in [7, 11) is -0.891. The molecule has 0 saturated carbocycles. The van der Waals surface area contributed by atoms with E-state index in [-0.39, 0.29) is 17.0 Å². The first-order valence-corrected chi connectivity index (χ1v) is 10.7. The Morgan fingerprint density at radius 2 is 1.83 bits per heavy atom. The Hall–Kier alpha value is -2.62. The van der Waals surface area contributed by atoms with Crippen molar-refractivity contribution in [2.45, 2.75) is 11.4 Å². The number of nitrogens with zero attached hydrogens (tertiary/aromatic N) is 1. The van der Waals surface area contributed by atoms with Crippen LogP contribution in [0.5, 0.6) is 5.75 Å². The number of anilines is 1. The van der Waals surface area contributed by atoms with Gasteiger partial charge in [-0.3, -0.25) is 4.79 Å². The number of amides is 1. The van der Waals surface area contributed by atoms with Crippen LogP contribution in [0.2, 0.25) is 0 Å². The molecule has 0 radical (unpaired) electrons. The lowest BCUT2D eigenvalue weighted by Crippen LogP contribution is -2.36. The van der Waals surface area contributed by atoms with Gasteiger partial charge in [0.25, 0.3) is 5.91 Å². The number of hydrogen-bond donors (Lipinski definition) is 2. The number of carbonyl (C=O) groups excluding carboxylic acids is 1. The molecule has 3 rings (SSSR count). The van der Waals surface area contributed by atoms with Gasteiger partial charge < -0.3 is 19.7 Å². The van der Waals surface area contributed by atoms with E-state index in [1.807, 2.05) is 24.3 Å². The second kappa shape index (κ2) is 9.25. The van der Waals surface area contributed by atoms with Crippen LogP contribution in [-0.2, 0) is 21.3 Å². The summed E-state index contributed by atoms with van der Waals surface area (Å²) in [6.07, 6.45) is 0. The van der Waals surface area contributed by atoms with Crippen molar-refractivity contribution in [2.75, 3.05) is 45.4 Å². The van der Waals surface area contributed by atoms with Gasteiger partial charge in [0.15, 0.2) is 0 Å². The fourth-order valence-corrected chi connectivity index (χ4v) is 4.12. The number of hydrogen-bond acceptors (Lipinski definition) is 6. The lowest BCUT2D eigenvalue weighted by molar-refractivity contribution is 0.0960. The van der Waals surface area contributed by atoms with Crippen LogP contribution in [0, 0.1) is 0 Å². The lowest BCUT2D eigenvalue weighted by atomic mass is 10.2. The molecule has 1 heterocycles. The third-order valence-electron chi connectivity index (χ3n) is 4.73. The fraction of sp³-hybridized carbons (Fsp3) is 0.350. The molecule has 2 aromatic rings. The number of carbonyl (C=O) groups is 1. The summed E-state index contributed by atoms with van der Waals surface area (Å²) in [5.74, 6) is -0.111. The molecule has 0 bridgehead atoms. The molecule has 1 aliphatic rings. The summed E-state index contributed by atoms with van der Waals surface area (Å²) in [6.45, 7) is 3.25. The summed E-state index contributed by atoms with van der Waals surface area (Å²) in [6, 6.07) is 11.9. The van der Waals surface area contributed by atoms with Gasteiger partial charge >= 0.3 is 0 Å². The molecule has 0 aromatic heterocycles. The highest BCUT2D eigenvalue weighted by Gasteiger charge is 2.19. The average Bonchev–Trinajstić information content (AvgIpc) is 2.77. The van der Waals surface area contributed by atoms with E-state index in [2.05, 4.69) is 14.9 Å². The molecule has 1 fully saturated rings. The zero-order valence-corrected chi connectivity index (χ0v) is 17.3. The minimum atomic E-state index is -3.79. The van der Waals surface area contributed by atoms with Crippen LogP contribution in [0.1, 0.15) is 15.9 Å². The Balaban J connectivity index is 1.70. The van der Waals surface area contributed by atoms with Crippen molar-refractivity contribution >= 4 is 21.6 Å². The van der Waals surface area contributed by atoms with Crippen LogP contribution in [0.15, 0.2) is 47.4 Å². The number of rotatable bonds is 7. The Morgan fingerprint density at radius 1 is 1.14 bits per heavy atom. The molecule has 2 N–H and O–H groups in total. The number of ether oxygens (including phenoxy) is 2. The minimum Gasteiger partial charge on any atom is -0.496 e. The topological polar surface area (TPSA) is 97.0 Å². The highest BCUT2D eigenvalue weighted by atomic mass is 32.2. The zero-order valence-electron chi connectivity index (χ0n) is 16.5. The summed E-state index contributed by atoms with van der Waals surface area (Å²) in [4.78, 5) is 14.2. The quantitative estimate of drug-likeness (QED) is 0.704. The highest BCUT2D eigenvalue weighted by Crippen LogP contribution is 2.23. The lowest BCUT2D eigenvalue weighted by Gasteiger charge is -2.28. The number of methoxy groups -OCH3 is 1. The second-order valence-electron chi connectivity index (χ2n) is 6.53. The Kier molecular flexibility index (Phi) is 6.73. The van der Waals surface area contributed by atoms with Crippen molar-refractivity contribution in [3.63, 3.8) is 0 Å². The predicted octanol–water partition coefficient (Wildman–Crippen LogP) is 1.37. The molecule has 0 spiro atoms. The Labute approximate surface area is 170 Å². The Bertz CT molecular complexity index is 955. The number of nitrogens with one attached hydrogen (secondary N) is 2. The molecule has 1 amide bonds. The third kappa shape index (κ3) is 5.06. The van der Waals surface area contributed by atoms with Crippen molar-refractivity contribution in [1.82, 2.24) is 10.0 Å². The third-order valence-corrected chi connectivity index (χ3v) is 6.13. The number of benzene rings is 2. The van der Waals surface area contributed by atoms with E-state index < -0.39 is 15.9 Å². The van der Waals surface area contributed by atoms with Crippen molar-refractivity contribution < 1.29 is 22.7 Å². The normalized spacial score (nSPS) is 14.5. The predicted molar refractivity (Wildman–Crippen MR) is 110 cm³/mol. The summed E-state index contributed by atoms with van der Waals surface area (Å²) in [5.41, 5.74) is 2.09. The van der Waals surface area contributed by atoms with Gasteiger partial charge in [-0.05, 0) is 35.9 Å². The highest BCUT2D eigenvalue weighted by molar-refractivity contribution is 7.89. The molecule has 1 saturated heterocycles. The molecule has 0 aliphatic carbocycles. The van der Waals surface area contributed by atoms with Crippen molar-refractivity contribution in [3.05, 3.63) is 53.6 Å². The van der Waals surface area contributed by atoms with E-state index in [0.29, 0.717) is 19.0 Å². The molecule has 9 heteroatoms. The summed E-state index contributed by atoms with van der Waals surface area (Å²) >= 11 is 0.